The van der Waals surface area contributed by atoms with Crippen molar-refractivity contribution in [1.82, 2.24) is 16.0 Å². The number of rotatable bonds is 13. The first-order valence-electron chi connectivity index (χ1n) is 11.9. The molecule has 2 unspecified atom stereocenters. The number of benzene rings is 1. The summed E-state index contributed by atoms with van der Waals surface area (Å²) in [7, 11) is 0. The van der Waals surface area contributed by atoms with E-state index in [2.05, 4.69) is 16.0 Å². The zero-order chi connectivity index (χ0) is 26.6. The molecular weight excluding hydrogens is 450 g/mol. The van der Waals surface area contributed by atoms with Crippen LogP contribution in [0.4, 0.5) is 4.79 Å². The Morgan fingerprint density at radius 3 is 2.09 bits per heavy atom. The number of hydrogen-bond acceptors (Lipinski definition) is 6. The van der Waals surface area contributed by atoms with Gasteiger partial charge in [-0.15, -0.1) is 0 Å². The summed E-state index contributed by atoms with van der Waals surface area (Å²) in [5.41, 5.74) is 0.104. The predicted octanol–water partition coefficient (Wildman–Crippen LogP) is 2.71. The largest absolute Gasteiger partial charge is 0.444 e. The van der Waals surface area contributed by atoms with Gasteiger partial charge in [-0.05, 0) is 45.6 Å². The van der Waals surface area contributed by atoms with Crippen LogP contribution in [-0.4, -0.2) is 53.7 Å². The lowest BCUT2D eigenvalue weighted by atomic mass is 9.96. The third-order valence-electron chi connectivity index (χ3n) is 4.86. The maximum Gasteiger partial charge on any atom is 0.408 e. The van der Waals surface area contributed by atoms with Crippen LogP contribution in [0.5, 0.6) is 0 Å². The van der Waals surface area contributed by atoms with E-state index < -0.39 is 35.6 Å². The molecule has 1 aromatic carbocycles. The minimum atomic E-state index is -0.972. The maximum atomic E-state index is 13.2. The zero-order valence-electron chi connectivity index (χ0n) is 21.6. The highest BCUT2D eigenvalue weighted by molar-refractivity contribution is 5.94. The number of carbonyl (C=O) groups excluding carboxylic acids is 5. The van der Waals surface area contributed by atoms with E-state index in [-0.39, 0.29) is 43.3 Å². The van der Waals surface area contributed by atoms with Gasteiger partial charge in [-0.3, -0.25) is 14.4 Å². The molecule has 0 heterocycles. The van der Waals surface area contributed by atoms with Crippen LogP contribution in [0.25, 0.3) is 0 Å². The predicted molar refractivity (Wildman–Crippen MR) is 133 cm³/mol. The number of ketones is 2. The standard InChI is InChI=1S/C26H39N3O6/c1-17(2)14-20(22(31)13-12-18(3)30)29-24(33)21(15-19-10-8-7-9-11-19)28-23(32)16-27-25(34)35-26(4,5)6/h7-11,17,20-21H,12-16H2,1-6H3,(H,27,34)(H,28,32)(H,29,33). The molecule has 9 nitrogen and oxygen atoms in total. The lowest BCUT2D eigenvalue weighted by Gasteiger charge is -2.24. The van der Waals surface area contributed by atoms with Crippen molar-refractivity contribution in [3.05, 3.63) is 35.9 Å². The molecule has 0 aromatic heterocycles. The number of amides is 3. The molecule has 0 aliphatic rings. The summed E-state index contributed by atoms with van der Waals surface area (Å²) in [6.07, 6.45) is 0.0202. The van der Waals surface area contributed by atoms with Gasteiger partial charge in [-0.25, -0.2) is 4.79 Å². The number of alkyl carbamates (subject to hydrolysis) is 1. The van der Waals surface area contributed by atoms with E-state index in [1.54, 1.807) is 20.8 Å². The SMILES string of the molecule is CC(=O)CCC(=O)C(CC(C)C)NC(=O)C(Cc1ccccc1)NC(=O)CNC(=O)OC(C)(C)C. The van der Waals surface area contributed by atoms with Crippen LogP contribution in [0.1, 0.15) is 66.4 Å². The van der Waals surface area contributed by atoms with Gasteiger partial charge in [-0.1, -0.05) is 44.2 Å². The van der Waals surface area contributed by atoms with Gasteiger partial charge in [-0.2, -0.15) is 0 Å². The fourth-order valence-corrected chi connectivity index (χ4v) is 3.26. The van der Waals surface area contributed by atoms with Crippen LogP contribution in [0, 0.1) is 5.92 Å². The van der Waals surface area contributed by atoms with E-state index in [4.69, 9.17) is 4.74 Å². The van der Waals surface area contributed by atoms with E-state index in [1.165, 1.54) is 6.92 Å². The lowest BCUT2D eigenvalue weighted by molar-refractivity contribution is -0.132. The molecule has 1 aromatic rings. The van der Waals surface area contributed by atoms with Gasteiger partial charge in [0.1, 0.15) is 24.0 Å². The summed E-state index contributed by atoms with van der Waals surface area (Å²) in [6.45, 7) is 10.0. The average molecular weight is 490 g/mol. The fourth-order valence-electron chi connectivity index (χ4n) is 3.26. The second-order valence-corrected chi connectivity index (χ2v) is 10.0. The number of nitrogens with one attached hydrogen (secondary N) is 3. The summed E-state index contributed by atoms with van der Waals surface area (Å²) in [5.74, 6) is -1.28. The molecule has 3 amide bonds. The van der Waals surface area contributed by atoms with E-state index in [0.29, 0.717) is 6.42 Å². The zero-order valence-corrected chi connectivity index (χ0v) is 21.6. The summed E-state index contributed by atoms with van der Waals surface area (Å²) >= 11 is 0. The van der Waals surface area contributed by atoms with Gasteiger partial charge < -0.3 is 25.5 Å². The van der Waals surface area contributed by atoms with Crippen molar-refractivity contribution in [2.45, 2.75) is 84.9 Å². The molecule has 0 aliphatic carbocycles. The second kappa shape index (κ2) is 14.2. The average Bonchev–Trinajstić information content (AvgIpc) is 2.74. The van der Waals surface area contributed by atoms with Crippen LogP contribution < -0.4 is 16.0 Å². The Balaban J connectivity index is 2.93. The summed E-state index contributed by atoms with van der Waals surface area (Å²) in [5, 5.41) is 7.78. The Hall–Kier alpha value is -3.23. The van der Waals surface area contributed by atoms with Crippen molar-refractivity contribution in [1.29, 1.82) is 0 Å². The number of hydrogen-bond donors (Lipinski definition) is 3. The Labute approximate surface area is 207 Å². The fraction of sp³-hybridized carbons (Fsp3) is 0.577. The maximum absolute atomic E-state index is 13.2. The van der Waals surface area contributed by atoms with Crippen molar-refractivity contribution in [2.24, 2.45) is 5.92 Å². The first-order chi connectivity index (χ1) is 16.3. The molecular formula is C26H39N3O6. The Bertz CT molecular complexity index is 877. The molecule has 0 spiro atoms. The van der Waals surface area contributed by atoms with Crippen molar-refractivity contribution in [2.75, 3.05) is 6.54 Å². The molecule has 1 rings (SSSR count). The summed E-state index contributed by atoms with van der Waals surface area (Å²) in [6, 6.07) is 7.40. The van der Waals surface area contributed by atoms with E-state index >= 15 is 0 Å². The van der Waals surface area contributed by atoms with Crippen LogP contribution in [0.2, 0.25) is 0 Å². The molecule has 0 saturated carbocycles. The molecule has 0 fully saturated rings. The molecule has 2 atom stereocenters. The van der Waals surface area contributed by atoms with Crippen molar-refractivity contribution in [3.8, 4) is 0 Å². The van der Waals surface area contributed by atoms with Crippen molar-refractivity contribution in [3.63, 3.8) is 0 Å². The molecule has 35 heavy (non-hydrogen) atoms. The summed E-state index contributed by atoms with van der Waals surface area (Å²) < 4.78 is 5.12. The third kappa shape index (κ3) is 13.3. The van der Waals surface area contributed by atoms with Gasteiger partial charge >= 0.3 is 6.09 Å². The van der Waals surface area contributed by atoms with E-state index in [9.17, 15) is 24.0 Å². The Morgan fingerprint density at radius 2 is 1.54 bits per heavy atom. The molecule has 194 valence electrons. The molecule has 9 heteroatoms. The molecule has 0 radical (unpaired) electrons. The number of ether oxygens (including phenoxy) is 1. The van der Waals surface area contributed by atoms with Gasteiger partial charge in [0.2, 0.25) is 11.8 Å². The monoisotopic (exact) mass is 489 g/mol. The van der Waals surface area contributed by atoms with Gasteiger partial charge in [0.05, 0.1) is 6.04 Å². The summed E-state index contributed by atoms with van der Waals surface area (Å²) in [4.78, 5) is 61.6. The number of Topliss-reactive ketones (excluding diaryl/α,β-unsaturated/α-hetero) is 2. The van der Waals surface area contributed by atoms with E-state index in [0.717, 1.165) is 5.56 Å². The third-order valence-corrected chi connectivity index (χ3v) is 4.86. The highest BCUT2D eigenvalue weighted by Gasteiger charge is 2.28. The molecule has 0 bridgehead atoms. The quantitative estimate of drug-likeness (QED) is 0.391. The number of carbonyl (C=O) groups is 5. The van der Waals surface area contributed by atoms with Gasteiger partial charge in [0.15, 0.2) is 5.78 Å². The normalized spacial score (nSPS) is 12.9. The molecule has 3 N–H and O–H groups in total. The topological polar surface area (TPSA) is 131 Å². The minimum absolute atomic E-state index is 0.0442. The van der Waals surface area contributed by atoms with Crippen molar-refractivity contribution >= 4 is 29.5 Å². The Morgan fingerprint density at radius 1 is 0.914 bits per heavy atom. The van der Waals surface area contributed by atoms with Crippen molar-refractivity contribution < 1.29 is 28.7 Å². The van der Waals surface area contributed by atoms with Crippen LogP contribution in [0.3, 0.4) is 0 Å². The highest BCUT2D eigenvalue weighted by atomic mass is 16.6. The minimum Gasteiger partial charge on any atom is -0.444 e. The Kier molecular flexibility index (Phi) is 12.1. The molecule has 0 aliphatic heterocycles. The first kappa shape index (κ1) is 29.8. The van der Waals surface area contributed by atoms with Gasteiger partial charge in [0, 0.05) is 19.3 Å². The second-order valence-electron chi connectivity index (χ2n) is 10.0. The smallest absolute Gasteiger partial charge is 0.408 e. The highest BCUT2D eigenvalue weighted by Crippen LogP contribution is 2.11. The van der Waals surface area contributed by atoms with Crippen LogP contribution >= 0.6 is 0 Å². The lowest BCUT2D eigenvalue weighted by Crippen LogP contribution is -2.54. The molecule has 0 saturated heterocycles. The van der Waals surface area contributed by atoms with Crippen LogP contribution in [-0.2, 0) is 30.3 Å². The van der Waals surface area contributed by atoms with Gasteiger partial charge in [0.25, 0.3) is 0 Å². The van der Waals surface area contributed by atoms with Crippen LogP contribution in [0.15, 0.2) is 30.3 Å². The van der Waals surface area contributed by atoms with E-state index in [1.807, 2.05) is 44.2 Å². The first-order valence-corrected chi connectivity index (χ1v) is 11.9.